The number of nitrogens with one attached hydrogen (secondary N) is 1. The minimum atomic E-state index is 0.824. The number of nitrogens with zero attached hydrogens (tertiary/aromatic N) is 2. The number of rotatable bonds is 10. The van der Waals surface area contributed by atoms with Crippen LogP contribution in [0.4, 0.5) is 0 Å². The molecule has 19 heavy (non-hydrogen) atoms. The van der Waals surface area contributed by atoms with Crippen molar-refractivity contribution in [3.05, 3.63) is 30.1 Å². The standard InChI is InChI=1S/C16H29N3/c1-15(2)5-4-9-17-12-14-19(3)13-8-16-6-10-18-11-7-16/h6-7,10-11,15,17H,4-5,8-9,12-14H2,1-3H3. The molecule has 0 aliphatic rings. The van der Waals surface area contributed by atoms with Crippen molar-refractivity contribution in [1.29, 1.82) is 0 Å². The van der Waals surface area contributed by atoms with Crippen molar-refractivity contribution in [2.45, 2.75) is 33.1 Å². The predicted octanol–water partition coefficient (Wildman–Crippen LogP) is 2.58. The Kier molecular flexibility index (Phi) is 8.43. The maximum Gasteiger partial charge on any atom is 0.0270 e. The second-order valence-electron chi connectivity index (χ2n) is 5.69. The Morgan fingerprint density at radius 3 is 2.58 bits per heavy atom. The summed E-state index contributed by atoms with van der Waals surface area (Å²) in [5, 5.41) is 3.52. The molecule has 0 aliphatic carbocycles. The lowest BCUT2D eigenvalue weighted by Gasteiger charge is -2.17. The highest BCUT2D eigenvalue weighted by atomic mass is 15.1. The van der Waals surface area contributed by atoms with E-state index >= 15 is 0 Å². The zero-order chi connectivity index (χ0) is 13.9. The topological polar surface area (TPSA) is 28.2 Å². The molecule has 0 amide bonds. The van der Waals surface area contributed by atoms with Crippen LogP contribution in [0.5, 0.6) is 0 Å². The van der Waals surface area contributed by atoms with Gasteiger partial charge in [-0.1, -0.05) is 13.8 Å². The summed E-state index contributed by atoms with van der Waals surface area (Å²) in [5.41, 5.74) is 1.37. The molecule has 0 saturated heterocycles. The van der Waals surface area contributed by atoms with Gasteiger partial charge in [-0.2, -0.15) is 0 Å². The molecule has 1 heterocycles. The molecular weight excluding hydrogens is 234 g/mol. The Hall–Kier alpha value is -0.930. The summed E-state index contributed by atoms with van der Waals surface area (Å²) >= 11 is 0. The Morgan fingerprint density at radius 2 is 1.89 bits per heavy atom. The van der Waals surface area contributed by atoms with Gasteiger partial charge in [0.1, 0.15) is 0 Å². The molecule has 0 bridgehead atoms. The third kappa shape index (κ3) is 8.73. The smallest absolute Gasteiger partial charge is 0.0270 e. The summed E-state index contributed by atoms with van der Waals surface area (Å²) in [5.74, 6) is 0.824. The average Bonchev–Trinajstić information content (AvgIpc) is 2.41. The maximum atomic E-state index is 4.04. The molecule has 3 heteroatoms. The van der Waals surface area contributed by atoms with Crippen molar-refractivity contribution in [3.63, 3.8) is 0 Å². The summed E-state index contributed by atoms with van der Waals surface area (Å²) in [4.78, 5) is 6.42. The van der Waals surface area contributed by atoms with Crippen LogP contribution >= 0.6 is 0 Å². The van der Waals surface area contributed by atoms with Gasteiger partial charge in [0.15, 0.2) is 0 Å². The molecule has 0 aromatic carbocycles. The maximum absolute atomic E-state index is 4.04. The highest BCUT2D eigenvalue weighted by Crippen LogP contribution is 2.01. The van der Waals surface area contributed by atoms with Crippen LogP contribution in [0, 0.1) is 5.92 Å². The van der Waals surface area contributed by atoms with Gasteiger partial charge in [-0.3, -0.25) is 4.98 Å². The minimum absolute atomic E-state index is 0.824. The molecule has 0 atom stereocenters. The third-order valence-corrected chi connectivity index (χ3v) is 3.34. The molecule has 1 N–H and O–H groups in total. The van der Waals surface area contributed by atoms with E-state index < -0.39 is 0 Å². The number of hydrogen-bond acceptors (Lipinski definition) is 3. The Morgan fingerprint density at radius 1 is 1.16 bits per heavy atom. The summed E-state index contributed by atoms with van der Waals surface area (Å²) in [6.45, 7) is 9.03. The molecule has 0 spiro atoms. The van der Waals surface area contributed by atoms with E-state index in [9.17, 15) is 0 Å². The van der Waals surface area contributed by atoms with Crippen molar-refractivity contribution >= 4 is 0 Å². The van der Waals surface area contributed by atoms with Crippen LogP contribution in [0.3, 0.4) is 0 Å². The van der Waals surface area contributed by atoms with Crippen LogP contribution in [0.2, 0.25) is 0 Å². The number of hydrogen-bond donors (Lipinski definition) is 1. The minimum Gasteiger partial charge on any atom is -0.315 e. The van der Waals surface area contributed by atoms with Gasteiger partial charge in [-0.25, -0.2) is 0 Å². The van der Waals surface area contributed by atoms with Gasteiger partial charge in [-0.05, 0) is 56.5 Å². The Balaban J connectivity index is 1.98. The number of likely N-dealkylation sites (N-methyl/N-ethyl adjacent to an activating group) is 1. The van der Waals surface area contributed by atoms with Gasteiger partial charge in [0.25, 0.3) is 0 Å². The van der Waals surface area contributed by atoms with Gasteiger partial charge in [-0.15, -0.1) is 0 Å². The van der Waals surface area contributed by atoms with Crippen LogP contribution in [0.15, 0.2) is 24.5 Å². The van der Waals surface area contributed by atoms with Crippen molar-refractivity contribution in [2.24, 2.45) is 5.92 Å². The Bertz CT molecular complexity index is 311. The second kappa shape index (κ2) is 9.93. The molecule has 0 radical (unpaired) electrons. The quantitative estimate of drug-likeness (QED) is 0.658. The van der Waals surface area contributed by atoms with Gasteiger partial charge < -0.3 is 10.2 Å². The highest BCUT2D eigenvalue weighted by Gasteiger charge is 1.99. The molecular formula is C16H29N3. The normalized spacial score (nSPS) is 11.4. The lowest BCUT2D eigenvalue weighted by atomic mass is 10.1. The van der Waals surface area contributed by atoms with E-state index in [-0.39, 0.29) is 0 Å². The zero-order valence-corrected chi connectivity index (χ0v) is 12.7. The number of pyridine rings is 1. The van der Waals surface area contributed by atoms with Crippen LogP contribution in [-0.4, -0.2) is 43.1 Å². The van der Waals surface area contributed by atoms with Crippen molar-refractivity contribution in [2.75, 3.05) is 33.2 Å². The first kappa shape index (κ1) is 16.1. The second-order valence-corrected chi connectivity index (χ2v) is 5.69. The van der Waals surface area contributed by atoms with E-state index in [0.717, 1.165) is 38.5 Å². The lowest BCUT2D eigenvalue weighted by Crippen LogP contribution is -2.31. The van der Waals surface area contributed by atoms with Crippen LogP contribution in [-0.2, 0) is 6.42 Å². The van der Waals surface area contributed by atoms with E-state index in [0.29, 0.717) is 0 Å². The molecule has 0 fully saturated rings. The Labute approximate surface area is 118 Å². The van der Waals surface area contributed by atoms with Crippen LogP contribution < -0.4 is 5.32 Å². The monoisotopic (exact) mass is 263 g/mol. The lowest BCUT2D eigenvalue weighted by molar-refractivity contribution is 0.334. The van der Waals surface area contributed by atoms with E-state index in [1.165, 1.54) is 18.4 Å². The molecule has 108 valence electrons. The fourth-order valence-corrected chi connectivity index (χ4v) is 2.01. The van der Waals surface area contributed by atoms with Gasteiger partial charge in [0.2, 0.25) is 0 Å². The fourth-order valence-electron chi connectivity index (χ4n) is 2.01. The summed E-state index contributed by atoms with van der Waals surface area (Å²) in [6, 6.07) is 4.19. The number of aromatic nitrogens is 1. The van der Waals surface area contributed by atoms with E-state index in [1.807, 2.05) is 12.4 Å². The van der Waals surface area contributed by atoms with E-state index in [4.69, 9.17) is 0 Å². The first-order valence-electron chi connectivity index (χ1n) is 7.46. The first-order valence-corrected chi connectivity index (χ1v) is 7.46. The molecule has 0 unspecified atom stereocenters. The molecule has 1 aromatic rings. The third-order valence-electron chi connectivity index (χ3n) is 3.34. The fraction of sp³-hybridized carbons (Fsp3) is 0.688. The van der Waals surface area contributed by atoms with Crippen molar-refractivity contribution in [1.82, 2.24) is 15.2 Å². The largest absolute Gasteiger partial charge is 0.315 e. The highest BCUT2D eigenvalue weighted by molar-refractivity contribution is 5.09. The molecule has 3 nitrogen and oxygen atoms in total. The summed E-state index contributed by atoms with van der Waals surface area (Å²) in [7, 11) is 2.19. The zero-order valence-electron chi connectivity index (χ0n) is 12.7. The molecule has 0 saturated carbocycles. The van der Waals surface area contributed by atoms with Gasteiger partial charge in [0.05, 0.1) is 0 Å². The van der Waals surface area contributed by atoms with Crippen LogP contribution in [0.1, 0.15) is 32.3 Å². The summed E-state index contributed by atoms with van der Waals surface area (Å²) in [6.07, 6.45) is 7.45. The molecule has 1 aromatic heterocycles. The van der Waals surface area contributed by atoms with E-state index in [1.54, 1.807) is 0 Å². The SMILES string of the molecule is CC(C)CCCNCCN(C)CCc1ccncc1. The summed E-state index contributed by atoms with van der Waals surface area (Å²) < 4.78 is 0. The van der Waals surface area contributed by atoms with Crippen molar-refractivity contribution < 1.29 is 0 Å². The van der Waals surface area contributed by atoms with E-state index in [2.05, 4.69) is 48.2 Å². The van der Waals surface area contributed by atoms with Gasteiger partial charge in [0, 0.05) is 32.0 Å². The molecule has 1 rings (SSSR count). The first-order chi connectivity index (χ1) is 9.18. The molecule has 0 aliphatic heterocycles. The van der Waals surface area contributed by atoms with Crippen molar-refractivity contribution in [3.8, 4) is 0 Å². The van der Waals surface area contributed by atoms with Crippen LogP contribution in [0.25, 0.3) is 0 Å². The van der Waals surface area contributed by atoms with Gasteiger partial charge >= 0.3 is 0 Å². The predicted molar refractivity (Wildman–Crippen MR) is 82.4 cm³/mol. The average molecular weight is 263 g/mol.